The molecule has 0 unspecified atom stereocenters. The fourth-order valence-corrected chi connectivity index (χ4v) is 1.98. The van der Waals surface area contributed by atoms with Crippen LogP contribution in [0.15, 0.2) is 30.3 Å². The van der Waals surface area contributed by atoms with Crippen LogP contribution < -0.4 is 0 Å². The average Bonchev–Trinajstić information content (AvgIpc) is 2.52. The quantitative estimate of drug-likeness (QED) is 0.761. The lowest BCUT2D eigenvalue weighted by molar-refractivity contribution is -0.130. The van der Waals surface area contributed by atoms with Crippen LogP contribution in [0.5, 0.6) is 0 Å². The molecule has 1 aliphatic heterocycles. The van der Waals surface area contributed by atoms with Crippen molar-refractivity contribution >= 4 is 5.91 Å². The highest BCUT2D eigenvalue weighted by Gasteiger charge is 2.23. The molecule has 16 heavy (non-hydrogen) atoms. The highest BCUT2D eigenvalue weighted by molar-refractivity contribution is 5.76. The van der Waals surface area contributed by atoms with E-state index in [-0.39, 0.29) is 12.0 Å². The van der Waals surface area contributed by atoms with Crippen LogP contribution in [-0.2, 0) is 9.53 Å². The Bertz CT molecular complexity index is 350. The molecule has 0 aromatic heterocycles. The van der Waals surface area contributed by atoms with Gasteiger partial charge in [-0.15, -0.1) is 0 Å². The van der Waals surface area contributed by atoms with Gasteiger partial charge < -0.3 is 9.64 Å². The third-order valence-corrected chi connectivity index (χ3v) is 2.93. The number of carbonyl (C=O) groups excluding carboxylic acids is 1. The second-order valence-corrected chi connectivity index (χ2v) is 3.95. The summed E-state index contributed by atoms with van der Waals surface area (Å²) in [5, 5.41) is 0. The van der Waals surface area contributed by atoms with E-state index in [1.807, 2.05) is 42.2 Å². The molecule has 0 spiro atoms. The molecule has 0 N–H and O–H groups in total. The Balaban J connectivity index is 2.14. The largest absolute Gasteiger partial charge is 0.371 e. The fourth-order valence-electron chi connectivity index (χ4n) is 1.98. The van der Waals surface area contributed by atoms with Gasteiger partial charge in [0.2, 0.25) is 5.91 Å². The first kappa shape index (κ1) is 11.1. The van der Waals surface area contributed by atoms with Gasteiger partial charge in [-0.25, -0.2) is 0 Å². The Labute approximate surface area is 96.0 Å². The molecule has 3 heteroatoms. The highest BCUT2D eigenvalue weighted by atomic mass is 16.5. The third-order valence-electron chi connectivity index (χ3n) is 2.93. The molecule has 0 saturated carbocycles. The number of amides is 1. The first-order chi connectivity index (χ1) is 7.81. The van der Waals surface area contributed by atoms with Gasteiger partial charge in [-0.1, -0.05) is 30.3 Å². The van der Waals surface area contributed by atoms with Crippen LogP contribution in [0.4, 0.5) is 0 Å². The SMILES string of the molecule is CCN1C[C@H](c2ccccc2)OCCC1=O. The molecule has 1 saturated heterocycles. The number of nitrogens with zero attached hydrogens (tertiary/aromatic N) is 1. The van der Waals surface area contributed by atoms with Crippen LogP contribution in [-0.4, -0.2) is 30.5 Å². The van der Waals surface area contributed by atoms with Crippen LogP contribution in [0.2, 0.25) is 0 Å². The maximum Gasteiger partial charge on any atom is 0.224 e. The summed E-state index contributed by atoms with van der Waals surface area (Å²) in [6.07, 6.45) is 0.518. The minimum atomic E-state index is 0.0209. The van der Waals surface area contributed by atoms with Crippen LogP contribution in [0.3, 0.4) is 0 Å². The molecule has 1 amide bonds. The molecule has 0 bridgehead atoms. The van der Waals surface area contributed by atoms with Crippen LogP contribution in [0, 0.1) is 0 Å². The molecule has 86 valence electrons. The molecule has 2 rings (SSSR count). The fraction of sp³-hybridized carbons (Fsp3) is 0.462. The lowest BCUT2D eigenvalue weighted by Gasteiger charge is -2.22. The van der Waals surface area contributed by atoms with Gasteiger partial charge >= 0.3 is 0 Å². The smallest absolute Gasteiger partial charge is 0.224 e. The number of benzene rings is 1. The zero-order valence-corrected chi connectivity index (χ0v) is 9.56. The molecule has 1 aliphatic rings. The molecule has 1 aromatic rings. The Morgan fingerprint density at radius 2 is 2.12 bits per heavy atom. The first-order valence-corrected chi connectivity index (χ1v) is 5.75. The summed E-state index contributed by atoms with van der Waals surface area (Å²) in [6, 6.07) is 10.1. The lowest BCUT2D eigenvalue weighted by atomic mass is 10.1. The Morgan fingerprint density at radius 3 is 2.81 bits per heavy atom. The summed E-state index contributed by atoms with van der Waals surface area (Å²) in [4.78, 5) is 13.5. The van der Waals surface area contributed by atoms with E-state index in [0.29, 0.717) is 19.6 Å². The van der Waals surface area contributed by atoms with Crippen molar-refractivity contribution in [2.24, 2.45) is 0 Å². The number of ether oxygens (including phenoxy) is 1. The summed E-state index contributed by atoms with van der Waals surface area (Å²) in [6.45, 7) is 3.95. The van der Waals surface area contributed by atoms with Gasteiger partial charge in [0.25, 0.3) is 0 Å². The van der Waals surface area contributed by atoms with Gasteiger partial charge in [-0.2, -0.15) is 0 Å². The van der Waals surface area contributed by atoms with Gasteiger partial charge in [0.15, 0.2) is 0 Å². The van der Waals surface area contributed by atoms with Gasteiger partial charge in [-0.05, 0) is 12.5 Å². The van der Waals surface area contributed by atoms with Gasteiger partial charge in [0.05, 0.1) is 19.6 Å². The van der Waals surface area contributed by atoms with Crippen molar-refractivity contribution in [2.45, 2.75) is 19.4 Å². The Hall–Kier alpha value is -1.35. The third kappa shape index (κ3) is 2.42. The molecule has 0 radical (unpaired) electrons. The number of hydrogen-bond donors (Lipinski definition) is 0. The van der Waals surface area contributed by atoms with E-state index >= 15 is 0 Å². The Kier molecular flexibility index (Phi) is 3.57. The monoisotopic (exact) mass is 219 g/mol. The highest BCUT2D eigenvalue weighted by Crippen LogP contribution is 2.21. The topological polar surface area (TPSA) is 29.5 Å². The zero-order chi connectivity index (χ0) is 11.4. The van der Waals surface area contributed by atoms with Crippen molar-refractivity contribution in [3.63, 3.8) is 0 Å². The van der Waals surface area contributed by atoms with Gasteiger partial charge in [-0.3, -0.25) is 4.79 Å². The van der Waals surface area contributed by atoms with Crippen molar-refractivity contribution < 1.29 is 9.53 Å². The van der Waals surface area contributed by atoms with Crippen LogP contribution in [0.1, 0.15) is 25.0 Å². The number of hydrogen-bond acceptors (Lipinski definition) is 2. The zero-order valence-electron chi connectivity index (χ0n) is 9.56. The molecular weight excluding hydrogens is 202 g/mol. The summed E-state index contributed by atoms with van der Waals surface area (Å²) in [7, 11) is 0. The van der Waals surface area contributed by atoms with E-state index in [1.54, 1.807) is 0 Å². The molecular formula is C13H17NO2. The summed E-state index contributed by atoms with van der Waals surface area (Å²) < 4.78 is 5.73. The van der Waals surface area contributed by atoms with E-state index in [9.17, 15) is 4.79 Å². The van der Waals surface area contributed by atoms with Gasteiger partial charge in [0, 0.05) is 6.54 Å². The predicted octanol–water partition coefficient (Wildman–Crippen LogP) is 2.00. The maximum atomic E-state index is 11.7. The van der Waals surface area contributed by atoms with Crippen molar-refractivity contribution in [3.8, 4) is 0 Å². The summed E-state index contributed by atoms with van der Waals surface area (Å²) >= 11 is 0. The standard InChI is InChI=1S/C13H17NO2/c1-2-14-10-12(16-9-8-13(14)15)11-6-4-3-5-7-11/h3-7,12H,2,8-10H2,1H3/t12-/m1/s1. The molecule has 0 aliphatic carbocycles. The van der Waals surface area contributed by atoms with E-state index in [1.165, 1.54) is 0 Å². The first-order valence-electron chi connectivity index (χ1n) is 5.75. The lowest BCUT2D eigenvalue weighted by Crippen LogP contribution is -2.32. The molecule has 3 nitrogen and oxygen atoms in total. The van der Waals surface area contributed by atoms with E-state index in [4.69, 9.17) is 4.74 Å². The minimum absolute atomic E-state index is 0.0209. The predicted molar refractivity (Wildman–Crippen MR) is 62.0 cm³/mol. The Morgan fingerprint density at radius 1 is 1.38 bits per heavy atom. The van der Waals surface area contributed by atoms with E-state index in [0.717, 1.165) is 12.1 Å². The molecule has 1 heterocycles. The van der Waals surface area contributed by atoms with E-state index in [2.05, 4.69) is 0 Å². The van der Waals surface area contributed by atoms with Gasteiger partial charge in [0.1, 0.15) is 6.10 Å². The van der Waals surface area contributed by atoms with Crippen LogP contribution in [0.25, 0.3) is 0 Å². The van der Waals surface area contributed by atoms with Crippen LogP contribution >= 0.6 is 0 Å². The van der Waals surface area contributed by atoms with Crippen molar-refractivity contribution in [3.05, 3.63) is 35.9 Å². The summed E-state index contributed by atoms with van der Waals surface area (Å²) in [5.74, 6) is 0.195. The van der Waals surface area contributed by atoms with Crippen molar-refractivity contribution in [1.29, 1.82) is 0 Å². The molecule has 1 aromatic carbocycles. The summed E-state index contributed by atoms with van der Waals surface area (Å²) in [5.41, 5.74) is 1.15. The normalized spacial score (nSPS) is 21.9. The number of rotatable bonds is 2. The number of likely N-dealkylation sites (N-methyl/N-ethyl adjacent to an activating group) is 1. The second-order valence-electron chi connectivity index (χ2n) is 3.95. The average molecular weight is 219 g/mol. The second kappa shape index (κ2) is 5.12. The maximum absolute atomic E-state index is 11.7. The minimum Gasteiger partial charge on any atom is -0.371 e. The number of carbonyl (C=O) groups is 1. The van der Waals surface area contributed by atoms with Crippen molar-refractivity contribution in [2.75, 3.05) is 19.7 Å². The van der Waals surface area contributed by atoms with Crippen molar-refractivity contribution in [1.82, 2.24) is 4.90 Å². The molecule has 1 fully saturated rings. The molecule has 1 atom stereocenters. The van der Waals surface area contributed by atoms with E-state index < -0.39 is 0 Å².